The standard InChI is InChI=1S/C20H18N4O4/c1-11-2-5-16-14(8-11)19(20(27)22-16)24-23-18(26)10-28-13-4-6-15-12(9-13)3-7-17(25)21-15/h2,4-6,8-9,22,27H,3,7,10H2,1H3,(H,21,25). The minimum Gasteiger partial charge on any atom is -0.493 e. The molecule has 8 nitrogen and oxygen atoms in total. The summed E-state index contributed by atoms with van der Waals surface area (Å²) < 4.78 is 5.48. The number of amides is 2. The van der Waals surface area contributed by atoms with Crippen LogP contribution in [-0.2, 0) is 16.0 Å². The van der Waals surface area contributed by atoms with Gasteiger partial charge in [0.1, 0.15) is 5.75 Å². The highest BCUT2D eigenvalue weighted by Crippen LogP contribution is 2.35. The van der Waals surface area contributed by atoms with Crippen molar-refractivity contribution in [3.8, 4) is 11.6 Å². The summed E-state index contributed by atoms with van der Waals surface area (Å²) in [5, 5.41) is 21.0. The number of ether oxygens (including phenoxy) is 1. The van der Waals surface area contributed by atoms with Gasteiger partial charge in [-0.1, -0.05) is 11.6 Å². The zero-order valence-electron chi connectivity index (χ0n) is 15.2. The molecule has 3 aromatic rings. The van der Waals surface area contributed by atoms with Crippen molar-refractivity contribution in [2.24, 2.45) is 10.2 Å². The Hall–Kier alpha value is -3.68. The molecule has 2 aromatic carbocycles. The molecule has 0 saturated carbocycles. The highest BCUT2D eigenvalue weighted by Gasteiger charge is 2.15. The number of aryl methyl sites for hydroxylation is 2. The number of nitrogens with zero attached hydrogens (tertiary/aromatic N) is 2. The van der Waals surface area contributed by atoms with Crippen LogP contribution in [0.4, 0.5) is 11.4 Å². The van der Waals surface area contributed by atoms with Crippen LogP contribution in [0.15, 0.2) is 46.6 Å². The van der Waals surface area contributed by atoms with Crippen molar-refractivity contribution in [1.82, 2.24) is 4.98 Å². The number of H-pyrrole nitrogens is 1. The van der Waals surface area contributed by atoms with Gasteiger partial charge >= 0.3 is 5.91 Å². The number of carbonyl (C=O) groups excluding carboxylic acids is 2. The summed E-state index contributed by atoms with van der Waals surface area (Å²) in [6.45, 7) is 1.64. The second kappa shape index (κ2) is 7.15. The van der Waals surface area contributed by atoms with Crippen molar-refractivity contribution in [1.29, 1.82) is 0 Å². The lowest BCUT2D eigenvalue weighted by Crippen LogP contribution is -2.19. The van der Waals surface area contributed by atoms with Gasteiger partial charge in [0.25, 0.3) is 0 Å². The van der Waals surface area contributed by atoms with Crippen LogP contribution in [0.2, 0.25) is 0 Å². The second-order valence-corrected chi connectivity index (χ2v) is 6.62. The molecule has 142 valence electrons. The average Bonchev–Trinajstić information content (AvgIpc) is 2.99. The molecule has 0 saturated heterocycles. The van der Waals surface area contributed by atoms with E-state index in [9.17, 15) is 14.7 Å². The summed E-state index contributed by atoms with van der Waals surface area (Å²) >= 11 is 0. The van der Waals surface area contributed by atoms with Gasteiger partial charge in [-0.15, -0.1) is 10.2 Å². The first-order valence-corrected chi connectivity index (χ1v) is 8.81. The van der Waals surface area contributed by atoms with Crippen molar-refractivity contribution in [3.63, 3.8) is 0 Å². The first kappa shape index (κ1) is 17.7. The Balaban J connectivity index is 1.43. The molecule has 1 aliphatic rings. The van der Waals surface area contributed by atoms with Crippen LogP contribution in [0.3, 0.4) is 0 Å². The van der Waals surface area contributed by atoms with Crippen LogP contribution in [0.25, 0.3) is 10.9 Å². The molecular weight excluding hydrogens is 360 g/mol. The van der Waals surface area contributed by atoms with Crippen LogP contribution in [0.5, 0.6) is 11.6 Å². The van der Waals surface area contributed by atoms with E-state index in [0.717, 1.165) is 16.8 Å². The maximum Gasteiger partial charge on any atom is 0.302 e. The van der Waals surface area contributed by atoms with E-state index in [4.69, 9.17) is 4.74 Å². The molecule has 0 radical (unpaired) electrons. The van der Waals surface area contributed by atoms with Gasteiger partial charge in [0, 0.05) is 17.5 Å². The van der Waals surface area contributed by atoms with Gasteiger partial charge in [0.15, 0.2) is 12.3 Å². The van der Waals surface area contributed by atoms with E-state index in [1.54, 1.807) is 18.2 Å². The highest BCUT2D eigenvalue weighted by atomic mass is 16.5. The largest absolute Gasteiger partial charge is 0.493 e. The molecule has 0 atom stereocenters. The molecule has 28 heavy (non-hydrogen) atoms. The fourth-order valence-corrected chi connectivity index (χ4v) is 3.11. The Kier molecular flexibility index (Phi) is 4.52. The summed E-state index contributed by atoms with van der Waals surface area (Å²) in [7, 11) is 0. The molecule has 0 unspecified atom stereocenters. The third-order valence-electron chi connectivity index (χ3n) is 4.50. The molecule has 1 aromatic heterocycles. The number of anilines is 1. The first-order chi connectivity index (χ1) is 13.5. The van der Waals surface area contributed by atoms with E-state index in [2.05, 4.69) is 20.5 Å². The average molecular weight is 378 g/mol. The summed E-state index contributed by atoms with van der Waals surface area (Å²) in [5.74, 6) is -0.210. The fraction of sp³-hybridized carbons (Fsp3) is 0.200. The van der Waals surface area contributed by atoms with Crippen LogP contribution in [0.1, 0.15) is 17.5 Å². The first-order valence-electron chi connectivity index (χ1n) is 8.81. The fourth-order valence-electron chi connectivity index (χ4n) is 3.11. The lowest BCUT2D eigenvalue weighted by Gasteiger charge is -2.17. The van der Waals surface area contributed by atoms with Crippen molar-refractivity contribution < 1.29 is 19.4 Å². The number of rotatable bonds is 4. The lowest BCUT2D eigenvalue weighted by atomic mass is 10.0. The maximum absolute atomic E-state index is 12.0. The number of carbonyl (C=O) groups is 2. The number of aromatic amines is 1. The minimum atomic E-state index is -0.576. The Labute approximate surface area is 160 Å². The van der Waals surface area contributed by atoms with Gasteiger partial charge < -0.3 is 20.1 Å². The Morgan fingerprint density at radius 3 is 2.93 bits per heavy atom. The highest BCUT2D eigenvalue weighted by molar-refractivity contribution is 5.95. The van der Waals surface area contributed by atoms with E-state index in [1.807, 2.05) is 25.1 Å². The molecular formula is C20H18N4O4. The molecule has 0 fully saturated rings. The zero-order valence-corrected chi connectivity index (χ0v) is 15.2. The van der Waals surface area contributed by atoms with Crippen LogP contribution in [-0.4, -0.2) is 28.5 Å². The number of hydrogen-bond donors (Lipinski definition) is 3. The van der Waals surface area contributed by atoms with Crippen molar-refractivity contribution in [2.75, 3.05) is 11.9 Å². The third kappa shape index (κ3) is 3.57. The summed E-state index contributed by atoms with van der Waals surface area (Å²) in [4.78, 5) is 26.2. The van der Waals surface area contributed by atoms with Crippen molar-refractivity contribution in [3.05, 3.63) is 47.5 Å². The Bertz CT molecular complexity index is 1120. The zero-order chi connectivity index (χ0) is 19.7. The molecule has 2 heterocycles. The van der Waals surface area contributed by atoms with E-state index in [1.165, 1.54) is 0 Å². The third-order valence-corrected chi connectivity index (χ3v) is 4.50. The van der Waals surface area contributed by atoms with Gasteiger partial charge in [-0.3, -0.25) is 9.59 Å². The van der Waals surface area contributed by atoms with Gasteiger partial charge in [-0.25, -0.2) is 0 Å². The molecule has 0 aliphatic carbocycles. The van der Waals surface area contributed by atoms with E-state index < -0.39 is 5.91 Å². The van der Waals surface area contributed by atoms with Crippen LogP contribution >= 0.6 is 0 Å². The van der Waals surface area contributed by atoms with Gasteiger partial charge in [0.05, 0.1) is 5.52 Å². The number of benzene rings is 2. The van der Waals surface area contributed by atoms with Crippen molar-refractivity contribution >= 4 is 34.1 Å². The Morgan fingerprint density at radius 1 is 1.21 bits per heavy atom. The number of aromatic nitrogens is 1. The number of nitrogens with one attached hydrogen (secondary N) is 2. The SMILES string of the molecule is Cc1ccc2[nH]c(O)c(N=NC(=O)COc3ccc4c(c3)CCC(=O)N4)c2c1. The topological polar surface area (TPSA) is 116 Å². The van der Waals surface area contributed by atoms with Crippen molar-refractivity contribution in [2.45, 2.75) is 19.8 Å². The van der Waals surface area contributed by atoms with Crippen LogP contribution in [0, 0.1) is 6.92 Å². The molecule has 4 rings (SSSR count). The normalized spacial score (nSPS) is 13.5. The minimum absolute atomic E-state index is 0.00696. The monoisotopic (exact) mass is 378 g/mol. The van der Waals surface area contributed by atoms with E-state index in [0.29, 0.717) is 29.5 Å². The molecule has 2 amide bonds. The van der Waals surface area contributed by atoms with E-state index >= 15 is 0 Å². The van der Waals surface area contributed by atoms with Gasteiger partial charge in [-0.2, -0.15) is 0 Å². The summed E-state index contributed by atoms with van der Waals surface area (Å²) in [5.41, 5.74) is 3.66. The number of fused-ring (bicyclic) bond motifs is 2. The number of aromatic hydroxyl groups is 1. The number of hydrogen-bond acceptors (Lipinski definition) is 5. The molecule has 3 N–H and O–H groups in total. The van der Waals surface area contributed by atoms with Gasteiger partial charge in [0.2, 0.25) is 11.8 Å². The summed E-state index contributed by atoms with van der Waals surface area (Å²) in [6, 6.07) is 10.8. The molecule has 0 bridgehead atoms. The predicted molar refractivity (Wildman–Crippen MR) is 103 cm³/mol. The lowest BCUT2D eigenvalue weighted by molar-refractivity contribution is -0.120. The van der Waals surface area contributed by atoms with Gasteiger partial charge in [-0.05, 0) is 49.2 Å². The van der Waals surface area contributed by atoms with E-state index in [-0.39, 0.29) is 24.1 Å². The maximum atomic E-state index is 12.0. The summed E-state index contributed by atoms with van der Waals surface area (Å²) in [6.07, 6.45) is 1.06. The van der Waals surface area contributed by atoms with Crippen LogP contribution < -0.4 is 10.1 Å². The quantitative estimate of drug-likeness (QED) is 0.599. The Morgan fingerprint density at radius 2 is 2.07 bits per heavy atom. The molecule has 8 heteroatoms. The second-order valence-electron chi connectivity index (χ2n) is 6.62. The smallest absolute Gasteiger partial charge is 0.302 e. The molecule has 0 spiro atoms. The molecule has 1 aliphatic heterocycles. The number of azo groups is 1. The predicted octanol–water partition coefficient (Wildman–Crippen LogP) is 3.76.